The largest absolute Gasteiger partial charge is 0.417 e. The summed E-state index contributed by atoms with van der Waals surface area (Å²) in [5, 5.41) is 2.52. The van der Waals surface area contributed by atoms with Crippen LogP contribution in [-0.2, 0) is 6.18 Å². The van der Waals surface area contributed by atoms with Gasteiger partial charge in [-0.15, -0.1) is 0 Å². The number of hydrogen-bond acceptors (Lipinski definition) is 2. The molecule has 0 fully saturated rings. The summed E-state index contributed by atoms with van der Waals surface area (Å²) in [7, 11) is 0. The van der Waals surface area contributed by atoms with Crippen LogP contribution in [0.2, 0.25) is 0 Å². The van der Waals surface area contributed by atoms with Gasteiger partial charge in [-0.05, 0) is 18.6 Å². The molecule has 1 rings (SSSR count). The highest BCUT2D eigenvalue weighted by Gasteiger charge is 2.30. The Morgan fingerprint density at radius 1 is 1.44 bits per heavy atom. The molecule has 1 aromatic heterocycles. The minimum absolute atomic E-state index is 0.0125. The van der Waals surface area contributed by atoms with Crippen molar-refractivity contribution in [3.05, 3.63) is 29.6 Å². The van der Waals surface area contributed by atoms with Crippen molar-refractivity contribution >= 4 is 5.91 Å². The van der Waals surface area contributed by atoms with Crippen LogP contribution in [0.25, 0.3) is 0 Å². The third-order valence-corrected chi connectivity index (χ3v) is 1.86. The molecule has 88 valence electrons. The lowest BCUT2D eigenvalue weighted by molar-refractivity contribution is -0.137. The molecule has 0 aliphatic heterocycles. The first kappa shape index (κ1) is 12.5. The third-order valence-electron chi connectivity index (χ3n) is 1.86. The average molecular weight is 232 g/mol. The fraction of sp³-hybridized carbons (Fsp3) is 0.400. The monoisotopic (exact) mass is 232 g/mol. The van der Waals surface area contributed by atoms with Gasteiger partial charge < -0.3 is 5.32 Å². The highest BCUT2D eigenvalue weighted by atomic mass is 19.4. The van der Waals surface area contributed by atoms with E-state index in [1.165, 1.54) is 0 Å². The Kier molecular flexibility index (Phi) is 3.87. The van der Waals surface area contributed by atoms with Gasteiger partial charge in [-0.3, -0.25) is 9.78 Å². The Hall–Kier alpha value is -1.59. The van der Waals surface area contributed by atoms with Gasteiger partial charge in [0, 0.05) is 12.7 Å². The van der Waals surface area contributed by atoms with Gasteiger partial charge in [-0.2, -0.15) is 13.2 Å². The zero-order valence-electron chi connectivity index (χ0n) is 8.64. The number of nitrogens with zero attached hydrogens (tertiary/aromatic N) is 1. The van der Waals surface area contributed by atoms with Gasteiger partial charge in [0.15, 0.2) is 0 Å². The van der Waals surface area contributed by atoms with Crippen LogP contribution in [0, 0.1) is 0 Å². The Balaban J connectivity index is 2.75. The topological polar surface area (TPSA) is 42.0 Å². The molecule has 0 radical (unpaired) electrons. The van der Waals surface area contributed by atoms with E-state index in [0.717, 1.165) is 18.6 Å². The number of carbonyl (C=O) groups excluding carboxylic acids is 1. The molecule has 16 heavy (non-hydrogen) atoms. The third kappa shape index (κ3) is 3.22. The van der Waals surface area contributed by atoms with E-state index in [0.29, 0.717) is 12.7 Å². The van der Waals surface area contributed by atoms with E-state index in [1.807, 2.05) is 6.92 Å². The van der Waals surface area contributed by atoms with Gasteiger partial charge in [0.25, 0.3) is 5.91 Å². The molecule has 6 heteroatoms. The maximum atomic E-state index is 12.2. The number of rotatable bonds is 3. The van der Waals surface area contributed by atoms with Crippen LogP contribution in [0.15, 0.2) is 18.3 Å². The number of aromatic nitrogens is 1. The van der Waals surface area contributed by atoms with Crippen LogP contribution >= 0.6 is 0 Å². The van der Waals surface area contributed by atoms with E-state index < -0.39 is 17.6 Å². The standard InChI is InChI=1S/C10H11F3N2O/c1-2-5-14-9(16)8-4-3-7(6-15-8)10(11,12)13/h3-4,6H,2,5H2,1H3,(H,14,16). The Morgan fingerprint density at radius 3 is 2.56 bits per heavy atom. The summed E-state index contributed by atoms with van der Waals surface area (Å²) in [5.74, 6) is -0.462. The van der Waals surface area contributed by atoms with E-state index >= 15 is 0 Å². The zero-order chi connectivity index (χ0) is 12.2. The van der Waals surface area contributed by atoms with Crippen molar-refractivity contribution in [3.63, 3.8) is 0 Å². The fourth-order valence-corrected chi connectivity index (χ4v) is 1.02. The molecule has 1 amide bonds. The summed E-state index contributed by atoms with van der Waals surface area (Å²) in [6.07, 6.45) is -3.02. The van der Waals surface area contributed by atoms with Gasteiger partial charge in [0.05, 0.1) is 5.56 Å². The first-order chi connectivity index (χ1) is 7.45. The molecule has 0 aromatic carbocycles. The summed E-state index contributed by atoms with van der Waals surface area (Å²) in [5.41, 5.74) is -0.874. The Labute approximate surface area is 90.7 Å². The van der Waals surface area contributed by atoms with Crippen LogP contribution in [-0.4, -0.2) is 17.4 Å². The first-order valence-electron chi connectivity index (χ1n) is 4.76. The van der Waals surface area contributed by atoms with Crippen LogP contribution in [0.3, 0.4) is 0 Å². The molecular formula is C10H11F3N2O. The predicted molar refractivity (Wildman–Crippen MR) is 51.9 cm³/mol. The van der Waals surface area contributed by atoms with Crippen molar-refractivity contribution < 1.29 is 18.0 Å². The van der Waals surface area contributed by atoms with E-state index in [1.54, 1.807) is 0 Å². The van der Waals surface area contributed by atoms with Crippen molar-refractivity contribution in [2.24, 2.45) is 0 Å². The quantitative estimate of drug-likeness (QED) is 0.868. The molecule has 0 aliphatic carbocycles. The number of carbonyl (C=O) groups is 1. The van der Waals surface area contributed by atoms with Gasteiger partial charge in [0.1, 0.15) is 5.69 Å². The zero-order valence-corrected chi connectivity index (χ0v) is 8.64. The molecule has 0 atom stereocenters. The molecule has 0 saturated carbocycles. The smallest absolute Gasteiger partial charge is 0.351 e. The molecule has 1 N–H and O–H groups in total. The van der Waals surface area contributed by atoms with E-state index in [4.69, 9.17) is 0 Å². The van der Waals surface area contributed by atoms with Crippen molar-refractivity contribution in [1.82, 2.24) is 10.3 Å². The first-order valence-corrected chi connectivity index (χ1v) is 4.76. The lowest BCUT2D eigenvalue weighted by Gasteiger charge is -2.06. The second-order valence-electron chi connectivity index (χ2n) is 3.19. The summed E-state index contributed by atoms with van der Waals surface area (Å²) in [4.78, 5) is 14.8. The van der Waals surface area contributed by atoms with Crippen LogP contribution in [0.5, 0.6) is 0 Å². The van der Waals surface area contributed by atoms with Crippen molar-refractivity contribution in [3.8, 4) is 0 Å². The number of alkyl halides is 3. The lowest BCUT2D eigenvalue weighted by atomic mass is 10.2. The molecule has 0 aliphatic rings. The second kappa shape index (κ2) is 4.96. The highest BCUT2D eigenvalue weighted by molar-refractivity contribution is 5.92. The van der Waals surface area contributed by atoms with Gasteiger partial charge >= 0.3 is 6.18 Å². The minimum atomic E-state index is -4.43. The summed E-state index contributed by atoms with van der Waals surface area (Å²) < 4.78 is 36.5. The SMILES string of the molecule is CCCNC(=O)c1ccc(C(F)(F)F)cn1. The van der Waals surface area contributed by atoms with Gasteiger partial charge in [-0.25, -0.2) is 0 Å². The molecule has 0 saturated heterocycles. The lowest BCUT2D eigenvalue weighted by Crippen LogP contribution is -2.25. The van der Waals surface area contributed by atoms with E-state index in [-0.39, 0.29) is 5.69 Å². The van der Waals surface area contributed by atoms with Crippen molar-refractivity contribution in [1.29, 1.82) is 0 Å². The summed E-state index contributed by atoms with van der Waals surface area (Å²) in [6.45, 7) is 2.35. The van der Waals surface area contributed by atoms with Crippen LogP contribution in [0.4, 0.5) is 13.2 Å². The number of halogens is 3. The number of amides is 1. The predicted octanol–water partition coefficient (Wildman–Crippen LogP) is 2.24. The number of hydrogen-bond donors (Lipinski definition) is 1. The Morgan fingerprint density at radius 2 is 2.12 bits per heavy atom. The molecule has 3 nitrogen and oxygen atoms in total. The fourth-order valence-electron chi connectivity index (χ4n) is 1.02. The van der Waals surface area contributed by atoms with E-state index in [2.05, 4.69) is 10.3 Å². The number of nitrogens with one attached hydrogen (secondary N) is 1. The maximum Gasteiger partial charge on any atom is 0.417 e. The summed E-state index contributed by atoms with van der Waals surface area (Å²) >= 11 is 0. The normalized spacial score (nSPS) is 11.2. The van der Waals surface area contributed by atoms with Gasteiger partial charge in [-0.1, -0.05) is 6.92 Å². The molecule has 0 spiro atoms. The average Bonchev–Trinajstić information content (AvgIpc) is 2.25. The van der Waals surface area contributed by atoms with Gasteiger partial charge in [0.2, 0.25) is 0 Å². The Bertz CT molecular complexity index is 359. The maximum absolute atomic E-state index is 12.2. The second-order valence-corrected chi connectivity index (χ2v) is 3.19. The highest BCUT2D eigenvalue weighted by Crippen LogP contribution is 2.28. The van der Waals surface area contributed by atoms with E-state index in [9.17, 15) is 18.0 Å². The van der Waals surface area contributed by atoms with Crippen LogP contribution in [0.1, 0.15) is 29.4 Å². The summed E-state index contributed by atoms with van der Waals surface area (Å²) in [6, 6.07) is 1.90. The molecule has 1 aromatic rings. The minimum Gasteiger partial charge on any atom is -0.351 e. The van der Waals surface area contributed by atoms with Crippen molar-refractivity contribution in [2.75, 3.05) is 6.54 Å². The molecule has 0 unspecified atom stereocenters. The van der Waals surface area contributed by atoms with Crippen molar-refractivity contribution in [2.45, 2.75) is 19.5 Å². The number of pyridine rings is 1. The molecule has 0 bridgehead atoms. The van der Waals surface area contributed by atoms with Crippen LogP contribution < -0.4 is 5.32 Å². The molecule has 1 heterocycles. The molecular weight excluding hydrogens is 221 g/mol.